The van der Waals surface area contributed by atoms with E-state index in [1.54, 1.807) is 4.90 Å². The molecule has 0 aromatic heterocycles. The van der Waals surface area contributed by atoms with Crippen molar-refractivity contribution in [2.45, 2.75) is 32.4 Å². The summed E-state index contributed by atoms with van der Waals surface area (Å²) in [5, 5.41) is 8.67. The van der Waals surface area contributed by atoms with Crippen LogP contribution in [0.15, 0.2) is 0 Å². The molecule has 0 spiro atoms. The van der Waals surface area contributed by atoms with Crippen molar-refractivity contribution in [3.05, 3.63) is 0 Å². The molecule has 0 atom stereocenters. The van der Waals surface area contributed by atoms with Gasteiger partial charge in [0.1, 0.15) is 5.60 Å². The lowest BCUT2D eigenvalue weighted by molar-refractivity contribution is -0.0267. The summed E-state index contributed by atoms with van der Waals surface area (Å²) in [5.41, 5.74) is -0.425. The summed E-state index contributed by atoms with van der Waals surface area (Å²) in [7, 11) is 0. The lowest BCUT2D eigenvalue weighted by atomic mass is 10.1. The Bertz CT molecular complexity index is 372. The molecule has 0 aromatic carbocycles. The molecule has 23 heavy (non-hydrogen) atoms. The molecule has 7 heteroatoms. The van der Waals surface area contributed by atoms with Crippen molar-refractivity contribution in [1.82, 2.24) is 14.7 Å². The first kappa shape index (κ1) is 18.4. The molecule has 0 unspecified atom stereocenters. The summed E-state index contributed by atoms with van der Waals surface area (Å²) in [6, 6.07) is 0.468. The number of hydrogen-bond acceptors (Lipinski definition) is 6. The van der Waals surface area contributed by atoms with E-state index in [0.29, 0.717) is 19.3 Å². The van der Waals surface area contributed by atoms with Crippen LogP contribution in [0, 0.1) is 0 Å². The Kier molecular flexibility index (Phi) is 6.64. The van der Waals surface area contributed by atoms with Crippen LogP contribution in [0.2, 0.25) is 0 Å². The van der Waals surface area contributed by atoms with Crippen LogP contribution >= 0.6 is 0 Å². The highest BCUT2D eigenvalue weighted by molar-refractivity contribution is 5.69. The van der Waals surface area contributed by atoms with E-state index in [2.05, 4.69) is 9.80 Å². The third-order valence-corrected chi connectivity index (χ3v) is 4.22. The van der Waals surface area contributed by atoms with Gasteiger partial charge >= 0.3 is 6.09 Å². The Balaban J connectivity index is 1.60. The number of aliphatic hydroxyl groups excluding tert-OH is 1. The van der Waals surface area contributed by atoms with Crippen molar-refractivity contribution in [1.29, 1.82) is 0 Å². The normalized spacial score (nSPS) is 21.3. The van der Waals surface area contributed by atoms with Gasteiger partial charge in [-0.25, -0.2) is 4.79 Å². The number of hydrogen-bond donors (Lipinski definition) is 1. The number of amides is 1. The smallest absolute Gasteiger partial charge is 0.410 e. The van der Waals surface area contributed by atoms with E-state index in [9.17, 15) is 4.79 Å². The second-order valence-corrected chi connectivity index (χ2v) is 7.25. The van der Waals surface area contributed by atoms with Crippen LogP contribution in [0.25, 0.3) is 0 Å². The Labute approximate surface area is 139 Å². The molecule has 2 fully saturated rings. The number of carbonyl (C=O) groups excluding carboxylic acids is 1. The fourth-order valence-electron chi connectivity index (χ4n) is 2.87. The second kappa shape index (κ2) is 8.28. The molecule has 134 valence electrons. The maximum atomic E-state index is 11.9. The summed E-state index contributed by atoms with van der Waals surface area (Å²) < 4.78 is 10.7. The van der Waals surface area contributed by atoms with Gasteiger partial charge in [-0.1, -0.05) is 0 Å². The number of piperazine rings is 1. The molecule has 2 heterocycles. The molecule has 0 aromatic rings. The number of carbonyl (C=O) groups is 1. The molecule has 0 bridgehead atoms. The largest absolute Gasteiger partial charge is 0.444 e. The zero-order chi connectivity index (χ0) is 16.9. The van der Waals surface area contributed by atoms with Gasteiger partial charge in [-0.3, -0.25) is 9.80 Å². The molecule has 7 nitrogen and oxygen atoms in total. The van der Waals surface area contributed by atoms with Crippen LogP contribution in [0.4, 0.5) is 4.79 Å². The van der Waals surface area contributed by atoms with Crippen molar-refractivity contribution in [3.63, 3.8) is 0 Å². The number of likely N-dealkylation sites (tertiary alicyclic amines) is 1. The van der Waals surface area contributed by atoms with Gasteiger partial charge in [0.2, 0.25) is 0 Å². The Morgan fingerprint density at radius 3 is 2.35 bits per heavy atom. The molecule has 0 radical (unpaired) electrons. The van der Waals surface area contributed by atoms with Crippen LogP contribution in [-0.2, 0) is 9.47 Å². The van der Waals surface area contributed by atoms with Crippen LogP contribution in [0.1, 0.15) is 20.8 Å². The zero-order valence-electron chi connectivity index (χ0n) is 14.7. The lowest BCUT2D eigenvalue weighted by Crippen LogP contribution is -2.64. The average Bonchev–Trinajstić information content (AvgIpc) is 2.41. The third kappa shape index (κ3) is 5.91. The Morgan fingerprint density at radius 1 is 1.13 bits per heavy atom. The molecular formula is C16H31N3O4. The van der Waals surface area contributed by atoms with Gasteiger partial charge in [0.05, 0.1) is 19.8 Å². The first-order valence-electron chi connectivity index (χ1n) is 8.52. The van der Waals surface area contributed by atoms with E-state index < -0.39 is 5.60 Å². The second-order valence-electron chi connectivity index (χ2n) is 7.25. The quantitative estimate of drug-likeness (QED) is 0.704. The minimum Gasteiger partial charge on any atom is -0.444 e. The van der Waals surface area contributed by atoms with Crippen LogP contribution < -0.4 is 0 Å². The van der Waals surface area contributed by atoms with E-state index in [-0.39, 0.29) is 12.7 Å². The number of rotatable bonds is 6. The van der Waals surface area contributed by atoms with Crippen molar-refractivity contribution >= 4 is 6.09 Å². The lowest BCUT2D eigenvalue weighted by Gasteiger charge is -2.48. The highest BCUT2D eigenvalue weighted by Gasteiger charge is 2.37. The molecule has 1 N–H and O–H groups in total. The van der Waals surface area contributed by atoms with Gasteiger partial charge in [-0.15, -0.1) is 0 Å². The van der Waals surface area contributed by atoms with Gasteiger partial charge in [0.15, 0.2) is 0 Å². The van der Waals surface area contributed by atoms with Crippen molar-refractivity contribution in [3.8, 4) is 0 Å². The van der Waals surface area contributed by atoms with Gasteiger partial charge in [-0.2, -0.15) is 0 Å². The van der Waals surface area contributed by atoms with Gasteiger partial charge < -0.3 is 19.5 Å². The maximum absolute atomic E-state index is 11.9. The molecule has 2 saturated heterocycles. The molecular weight excluding hydrogens is 298 g/mol. The monoisotopic (exact) mass is 329 g/mol. The summed E-state index contributed by atoms with van der Waals surface area (Å²) >= 11 is 0. The van der Waals surface area contributed by atoms with Crippen molar-refractivity contribution in [2.24, 2.45) is 0 Å². The summed E-state index contributed by atoms with van der Waals surface area (Å²) in [6.45, 7) is 13.5. The van der Waals surface area contributed by atoms with E-state index in [1.165, 1.54) is 0 Å². The topological polar surface area (TPSA) is 65.5 Å². The molecule has 1 amide bonds. The van der Waals surface area contributed by atoms with E-state index in [4.69, 9.17) is 14.6 Å². The maximum Gasteiger partial charge on any atom is 0.410 e. The van der Waals surface area contributed by atoms with Crippen molar-refractivity contribution < 1.29 is 19.4 Å². The molecule has 2 aliphatic heterocycles. The fraction of sp³-hybridized carbons (Fsp3) is 0.938. The highest BCUT2D eigenvalue weighted by atomic mass is 16.6. The van der Waals surface area contributed by atoms with Crippen LogP contribution in [0.5, 0.6) is 0 Å². The molecule has 2 aliphatic rings. The van der Waals surface area contributed by atoms with Crippen LogP contribution in [-0.4, -0.2) is 103 Å². The molecule has 0 aliphatic carbocycles. The summed E-state index contributed by atoms with van der Waals surface area (Å²) in [6.07, 6.45) is -0.201. The third-order valence-electron chi connectivity index (χ3n) is 4.22. The Hall–Kier alpha value is -0.890. The van der Waals surface area contributed by atoms with Crippen molar-refractivity contribution in [2.75, 3.05) is 65.6 Å². The minimum atomic E-state index is -0.425. The van der Waals surface area contributed by atoms with Gasteiger partial charge in [0.25, 0.3) is 0 Å². The highest BCUT2D eigenvalue weighted by Crippen LogP contribution is 2.20. The van der Waals surface area contributed by atoms with E-state index in [0.717, 1.165) is 45.8 Å². The first-order valence-corrected chi connectivity index (χ1v) is 8.52. The molecule has 2 rings (SSSR count). The SMILES string of the molecule is CC(C)(C)OC(=O)N1CC(N2CCN(CCOCCO)CC2)C1. The van der Waals surface area contributed by atoms with Crippen LogP contribution in [0.3, 0.4) is 0 Å². The number of aliphatic hydroxyl groups is 1. The number of nitrogens with zero attached hydrogens (tertiary/aromatic N) is 3. The Morgan fingerprint density at radius 2 is 1.78 bits per heavy atom. The number of ether oxygens (including phenoxy) is 2. The van der Waals surface area contributed by atoms with Gasteiger partial charge in [-0.05, 0) is 20.8 Å². The summed E-state index contributed by atoms with van der Waals surface area (Å²) in [5.74, 6) is 0. The minimum absolute atomic E-state index is 0.0869. The zero-order valence-corrected chi connectivity index (χ0v) is 14.7. The average molecular weight is 329 g/mol. The van der Waals surface area contributed by atoms with Gasteiger partial charge in [0, 0.05) is 51.9 Å². The fourth-order valence-corrected chi connectivity index (χ4v) is 2.87. The standard InChI is InChI=1S/C16H31N3O4/c1-16(2,3)23-15(21)19-12-14(13-19)18-6-4-17(5-7-18)8-10-22-11-9-20/h14,20H,4-13H2,1-3H3. The van der Waals surface area contributed by atoms with E-state index >= 15 is 0 Å². The first-order chi connectivity index (χ1) is 10.9. The summed E-state index contributed by atoms with van der Waals surface area (Å²) in [4.78, 5) is 18.6. The predicted octanol–water partition coefficient (Wildman–Crippen LogP) is 0.232. The van der Waals surface area contributed by atoms with E-state index in [1.807, 2.05) is 20.8 Å². The molecule has 0 saturated carbocycles. The predicted molar refractivity (Wildman–Crippen MR) is 87.5 cm³/mol.